The zero-order chi connectivity index (χ0) is 15.4. The lowest BCUT2D eigenvalue weighted by Crippen LogP contribution is -2.53. The van der Waals surface area contributed by atoms with Crippen LogP contribution in [0.15, 0.2) is 0 Å². The van der Waals surface area contributed by atoms with Crippen molar-refractivity contribution in [3.05, 3.63) is 0 Å². The molecular formula is C14H17F2N3O2. The first-order valence-corrected chi connectivity index (χ1v) is 7.25. The fourth-order valence-electron chi connectivity index (χ4n) is 3.55. The maximum atomic E-state index is 13.3. The van der Waals surface area contributed by atoms with Crippen molar-refractivity contribution in [3.8, 4) is 6.07 Å². The molecule has 0 bridgehead atoms. The first-order valence-electron chi connectivity index (χ1n) is 7.25. The molecule has 0 spiro atoms. The summed E-state index contributed by atoms with van der Waals surface area (Å²) >= 11 is 0. The molecule has 7 heteroatoms. The SMILES string of the molecule is CC(F)(F)C(=O)N1[C@@H]2C[C@@H]2C[C@H]1C(=O)N1CCCC1C#N. The van der Waals surface area contributed by atoms with Crippen molar-refractivity contribution in [2.24, 2.45) is 5.92 Å². The van der Waals surface area contributed by atoms with E-state index in [0.717, 1.165) is 11.3 Å². The van der Waals surface area contributed by atoms with Crippen LogP contribution in [-0.2, 0) is 9.59 Å². The van der Waals surface area contributed by atoms with Crippen molar-refractivity contribution in [2.45, 2.75) is 56.7 Å². The van der Waals surface area contributed by atoms with Gasteiger partial charge in [0.15, 0.2) is 0 Å². The van der Waals surface area contributed by atoms with Crippen LogP contribution in [-0.4, -0.2) is 52.2 Å². The van der Waals surface area contributed by atoms with E-state index < -0.39 is 23.9 Å². The highest BCUT2D eigenvalue weighted by molar-refractivity contribution is 5.92. The summed E-state index contributed by atoms with van der Waals surface area (Å²) in [7, 11) is 0. The van der Waals surface area contributed by atoms with Gasteiger partial charge in [-0.3, -0.25) is 9.59 Å². The average molecular weight is 297 g/mol. The highest BCUT2D eigenvalue weighted by atomic mass is 19.3. The van der Waals surface area contributed by atoms with E-state index in [0.29, 0.717) is 32.7 Å². The number of likely N-dealkylation sites (tertiary alicyclic amines) is 2. The molecule has 1 unspecified atom stereocenters. The van der Waals surface area contributed by atoms with E-state index >= 15 is 0 Å². The average Bonchev–Trinajstić information content (AvgIpc) is 2.89. The molecule has 2 amide bonds. The number of alkyl halides is 2. The second-order valence-corrected chi connectivity index (χ2v) is 6.23. The van der Waals surface area contributed by atoms with E-state index in [4.69, 9.17) is 5.26 Å². The van der Waals surface area contributed by atoms with Crippen LogP contribution >= 0.6 is 0 Å². The summed E-state index contributed by atoms with van der Waals surface area (Å²) in [5.41, 5.74) is 0. The number of amides is 2. The predicted octanol–water partition coefficient (Wildman–Crippen LogP) is 1.15. The molecule has 3 fully saturated rings. The van der Waals surface area contributed by atoms with Crippen LogP contribution in [0.1, 0.15) is 32.6 Å². The number of rotatable bonds is 2. The van der Waals surface area contributed by atoms with E-state index in [1.54, 1.807) is 0 Å². The Morgan fingerprint density at radius 1 is 1.33 bits per heavy atom. The maximum absolute atomic E-state index is 13.3. The number of hydrogen-bond donors (Lipinski definition) is 0. The summed E-state index contributed by atoms with van der Waals surface area (Å²) in [6.45, 7) is 1.04. The fourth-order valence-corrected chi connectivity index (χ4v) is 3.55. The van der Waals surface area contributed by atoms with E-state index in [-0.39, 0.29) is 17.9 Å². The van der Waals surface area contributed by atoms with Crippen molar-refractivity contribution < 1.29 is 18.4 Å². The lowest BCUT2D eigenvalue weighted by atomic mass is 10.1. The van der Waals surface area contributed by atoms with Gasteiger partial charge >= 0.3 is 5.92 Å². The molecule has 1 saturated carbocycles. The van der Waals surface area contributed by atoms with Gasteiger partial charge in [-0.05, 0) is 31.6 Å². The molecule has 0 aromatic rings. The second-order valence-electron chi connectivity index (χ2n) is 6.23. The van der Waals surface area contributed by atoms with Gasteiger partial charge in [0.05, 0.1) is 6.07 Å². The number of carbonyl (C=O) groups excluding carboxylic acids is 2. The number of nitriles is 1. The summed E-state index contributed by atoms with van der Waals surface area (Å²) < 4.78 is 26.7. The highest BCUT2D eigenvalue weighted by Gasteiger charge is 2.59. The third-order valence-corrected chi connectivity index (χ3v) is 4.68. The molecular weight excluding hydrogens is 280 g/mol. The lowest BCUT2D eigenvalue weighted by molar-refractivity contribution is -0.161. The predicted molar refractivity (Wildman–Crippen MR) is 68.1 cm³/mol. The molecule has 2 aliphatic heterocycles. The van der Waals surface area contributed by atoms with Crippen LogP contribution in [0.2, 0.25) is 0 Å². The summed E-state index contributed by atoms with van der Waals surface area (Å²) in [4.78, 5) is 27.0. The van der Waals surface area contributed by atoms with Crippen LogP contribution in [0.25, 0.3) is 0 Å². The van der Waals surface area contributed by atoms with Crippen molar-refractivity contribution >= 4 is 11.8 Å². The zero-order valence-electron chi connectivity index (χ0n) is 11.8. The van der Waals surface area contributed by atoms with E-state index in [1.807, 2.05) is 0 Å². The lowest BCUT2D eigenvalue weighted by Gasteiger charge is -2.32. The molecule has 0 aromatic heterocycles. The molecule has 114 valence electrons. The number of nitrogens with zero attached hydrogens (tertiary/aromatic N) is 3. The molecule has 0 aromatic carbocycles. The molecule has 0 radical (unpaired) electrons. The number of carbonyl (C=O) groups is 2. The molecule has 4 atom stereocenters. The van der Waals surface area contributed by atoms with Gasteiger partial charge in [0.25, 0.3) is 5.91 Å². The largest absolute Gasteiger partial charge is 0.325 e. The second kappa shape index (κ2) is 4.65. The Labute approximate surface area is 121 Å². The molecule has 3 aliphatic rings. The normalized spacial score (nSPS) is 34.6. The third kappa shape index (κ3) is 2.27. The Kier molecular flexibility index (Phi) is 3.15. The van der Waals surface area contributed by atoms with Crippen LogP contribution in [0.4, 0.5) is 8.78 Å². The summed E-state index contributed by atoms with van der Waals surface area (Å²) in [6.07, 6.45) is 2.49. The fraction of sp³-hybridized carbons (Fsp3) is 0.786. The van der Waals surface area contributed by atoms with Gasteiger partial charge in [-0.2, -0.15) is 14.0 Å². The minimum Gasteiger partial charge on any atom is -0.325 e. The van der Waals surface area contributed by atoms with Crippen molar-refractivity contribution in [3.63, 3.8) is 0 Å². The van der Waals surface area contributed by atoms with Crippen LogP contribution in [0, 0.1) is 17.2 Å². The number of fused-ring (bicyclic) bond motifs is 1. The molecule has 1 aliphatic carbocycles. The Morgan fingerprint density at radius 2 is 2.05 bits per heavy atom. The van der Waals surface area contributed by atoms with E-state index in [9.17, 15) is 18.4 Å². The molecule has 2 heterocycles. The van der Waals surface area contributed by atoms with E-state index in [1.165, 1.54) is 4.90 Å². The van der Waals surface area contributed by atoms with Gasteiger partial charge in [0.2, 0.25) is 5.91 Å². The maximum Gasteiger partial charge on any atom is 0.322 e. The quantitative estimate of drug-likeness (QED) is 0.768. The minimum absolute atomic E-state index is 0.161. The topological polar surface area (TPSA) is 64.4 Å². The van der Waals surface area contributed by atoms with E-state index in [2.05, 4.69) is 6.07 Å². The third-order valence-electron chi connectivity index (χ3n) is 4.68. The van der Waals surface area contributed by atoms with Crippen molar-refractivity contribution in [1.82, 2.24) is 9.80 Å². The van der Waals surface area contributed by atoms with Gasteiger partial charge in [-0.25, -0.2) is 0 Å². The molecule has 2 saturated heterocycles. The highest BCUT2D eigenvalue weighted by Crippen LogP contribution is 2.49. The summed E-state index contributed by atoms with van der Waals surface area (Å²) in [5, 5.41) is 9.05. The van der Waals surface area contributed by atoms with Crippen molar-refractivity contribution in [1.29, 1.82) is 5.26 Å². The minimum atomic E-state index is -3.46. The summed E-state index contributed by atoms with van der Waals surface area (Å²) in [5.74, 6) is -4.91. The zero-order valence-corrected chi connectivity index (χ0v) is 11.8. The van der Waals surface area contributed by atoms with Gasteiger partial charge in [-0.1, -0.05) is 0 Å². The Morgan fingerprint density at radius 3 is 2.67 bits per heavy atom. The molecule has 5 nitrogen and oxygen atoms in total. The van der Waals surface area contributed by atoms with Gasteiger partial charge in [0.1, 0.15) is 12.1 Å². The number of piperidine rings is 1. The first-order chi connectivity index (χ1) is 9.84. The molecule has 21 heavy (non-hydrogen) atoms. The monoisotopic (exact) mass is 297 g/mol. The first kappa shape index (κ1) is 14.2. The molecule has 3 rings (SSSR count). The van der Waals surface area contributed by atoms with Gasteiger partial charge in [0, 0.05) is 19.5 Å². The smallest absolute Gasteiger partial charge is 0.322 e. The standard InChI is InChI=1S/C14H17F2N3O2/c1-14(15,16)13(21)19-10-5-8(10)6-11(19)12(20)18-4-2-3-9(18)7-17/h8-11H,2-6H2,1H3/t8-,9?,10-,11+/m1/s1. The number of halogens is 2. The van der Waals surface area contributed by atoms with Crippen LogP contribution in [0.3, 0.4) is 0 Å². The summed E-state index contributed by atoms with van der Waals surface area (Å²) in [6, 6.07) is 0.536. The Bertz CT molecular complexity index is 525. The van der Waals surface area contributed by atoms with Crippen molar-refractivity contribution in [2.75, 3.05) is 6.54 Å². The Hall–Kier alpha value is -1.71. The number of hydrogen-bond acceptors (Lipinski definition) is 3. The van der Waals surface area contributed by atoms with Gasteiger partial charge in [-0.15, -0.1) is 0 Å². The Balaban J connectivity index is 1.80. The van der Waals surface area contributed by atoms with Crippen LogP contribution < -0.4 is 0 Å². The molecule has 0 N–H and O–H groups in total. The van der Waals surface area contributed by atoms with Gasteiger partial charge < -0.3 is 9.80 Å². The van der Waals surface area contributed by atoms with Crippen LogP contribution in [0.5, 0.6) is 0 Å².